The number of carbonyl (C=O) groups excluding carboxylic acids is 2. The highest BCUT2D eigenvalue weighted by Crippen LogP contribution is 2.31. The summed E-state index contributed by atoms with van der Waals surface area (Å²) in [7, 11) is 1.64. The topological polar surface area (TPSA) is 84.4 Å². The maximum atomic E-state index is 13.4. The van der Waals surface area contributed by atoms with Gasteiger partial charge < -0.3 is 15.0 Å². The summed E-state index contributed by atoms with van der Waals surface area (Å²) in [5.41, 5.74) is 2.61. The molecule has 1 unspecified atom stereocenters. The number of benzene rings is 1. The Labute approximate surface area is 209 Å². The Morgan fingerprint density at radius 2 is 2.03 bits per heavy atom. The molecule has 0 aliphatic carbocycles. The molecule has 3 heterocycles. The van der Waals surface area contributed by atoms with E-state index in [2.05, 4.69) is 27.1 Å². The van der Waals surface area contributed by atoms with Gasteiger partial charge in [0.1, 0.15) is 24.1 Å². The molecular weight excluding hydrogens is 459 g/mol. The van der Waals surface area contributed by atoms with Crippen LogP contribution in [0.25, 0.3) is 0 Å². The first-order valence-corrected chi connectivity index (χ1v) is 11.5. The molecule has 3 aromatic rings. The normalized spacial score (nSPS) is 15.2. The molecule has 1 aliphatic heterocycles. The maximum absolute atomic E-state index is 13.4. The van der Waals surface area contributed by atoms with Gasteiger partial charge in [-0.3, -0.25) is 14.6 Å². The number of rotatable bonds is 4. The summed E-state index contributed by atoms with van der Waals surface area (Å²) in [6, 6.07) is 12.4. The van der Waals surface area contributed by atoms with Gasteiger partial charge in [0, 0.05) is 36.3 Å². The third-order valence-corrected chi connectivity index (χ3v) is 5.46. The first-order chi connectivity index (χ1) is 17.1. The summed E-state index contributed by atoms with van der Waals surface area (Å²) in [6.45, 7) is 6.05. The molecule has 0 fully saturated rings. The number of ether oxygens (including phenoxy) is 1. The highest BCUT2D eigenvalue weighted by molar-refractivity contribution is 6.03. The Bertz CT molecular complexity index is 1370. The molecule has 1 atom stereocenters. The van der Waals surface area contributed by atoms with Crippen LogP contribution in [-0.2, 0) is 11.2 Å². The molecule has 1 N–H and O–H groups in total. The van der Waals surface area contributed by atoms with Gasteiger partial charge in [-0.15, -0.1) is 0 Å². The molecule has 8 heteroatoms. The monoisotopic (exact) mass is 486 g/mol. The van der Waals surface area contributed by atoms with Crippen molar-refractivity contribution in [3.63, 3.8) is 0 Å². The summed E-state index contributed by atoms with van der Waals surface area (Å²) >= 11 is 0. The number of nitrogens with zero attached hydrogens (tertiary/aromatic N) is 3. The van der Waals surface area contributed by atoms with Crippen molar-refractivity contribution in [2.45, 2.75) is 33.2 Å². The highest BCUT2D eigenvalue weighted by atomic mass is 19.1. The molecule has 184 valence electrons. The zero-order valence-electron chi connectivity index (χ0n) is 20.6. The number of hydrogen-bond donors (Lipinski definition) is 1. The molecule has 7 nitrogen and oxygen atoms in total. The van der Waals surface area contributed by atoms with Crippen LogP contribution in [0.5, 0.6) is 5.75 Å². The molecule has 2 aromatic heterocycles. The van der Waals surface area contributed by atoms with Crippen molar-refractivity contribution < 1.29 is 18.7 Å². The molecule has 0 spiro atoms. The smallest absolute Gasteiger partial charge is 0.270 e. The second-order valence-electron chi connectivity index (χ2n) is 9.59. The number of fused-ring (bicyclic) bond motifs is 1. The average molecular weight is 487 g/mol. The number of halogens is 1. The van der Waals surface area contributed by atoms with E-state index < -0.39 is 17.9 Å². The molecule has 0 saturated carbocycles. The van der Waals surface area contributed by atoms with Crippen LogP contribution in [0, 0.1) is 23.2 Å². The van der Waals surface area contributed by atoms with Gasteiger partial charge in [0.2, 0.25) is 5.95 Å². The Balaban J connectivity index is 1.48. The molecule has 1 aliphatic rings. The number of amides is 2. The van der Waals surface area contributed by atoms with Crippen molar-refractivity contribution in [1.82, 2.24) is 15.3 Å². The lowest BCUT2D eigenvalue weighted by molar-refractivity contribution is -0.120. The molecule has 0 saturated heterocycles. The summed E-state index contributed by atoms with van der Waals surface area (Å²) in [4.78, 5) is 35.6. The molecule has 0 radical (unpaired) electrons. The molecule has 36 heavy (non-hydrogen) atoms. The number of aromatic nitrogens is 2. The number of likely N-dealkylation sites (N-methyl/N-ethyl adjacent to an activating group) is 1. The standard InChI is InChI=1S/C28H27FN4O3/c1-28(2,3)12-10-18-8-9-24-23(16-18)33(4)27(35)22(17-36-24)32-26(34)21-15-19(11-13-30-21)14-20-6-5-7-25(29)31-20/h5-9,11,13,15-16,22H,14,17H2,1-4H3,(H,32,34). The first-order valence-electron chi connectivity index (χ1n) is 11.5. The second-order valence-corrected chi connectivity index (χ2v) is 9.59. The zero-order chi connectivity index (χ0) is 25.9. The van der Waals surface area contributed by atoms with Crippen molar-refractivity contribution in [2.75, 3.05) is 18.6 Å². The van der Waals surface area contributed by atoms with Crippen LogP contribution >= 0.6 is 0 Å². The Kier molecular flexibility index (Phi) is 7.02. The fourth-order valence-corrected chi connectivity index (χ4v) is 3.64. The lowest BCUT2D eigenvalue weighted by Gasteiger charge is -2.20. The summed E-state index contributed by atoms with van der Waals surface area (Å²) < 4.78 is 19.3. The lowest BCUT2D eigenvalue weighted by atomic mass is 9.97. The molecule has 4 rings (SSSR count). The van der Waals surface area contributed by atoms with E-state index in [9.17, 15) is 14.0 Å². The van der Waals surface area contributed by atoms with Gasteiger partial charge in [-0.25, -0.2) is 4.98 Å². The minimum Gasteiger partial charge on any atom is -0.489 e. The number of hydrogen-bond acceptors (Lipinski definition) is 5. The largest absolute Gasteiger partial charge is 0.489 e. The minimum absolute atomic E-state index is 0.0260. The fraction of sp³-hybridized carbons (Fsp3) is 0.286. The number of nitrogens with one attached hydrogen (secondary N) is 1. The SMILES string of the molecule is CN1C(=O)C(NC(=O)c2cc(Cc3cccc(F)n3)ccn2)COc2ccc(C#CC(C)(C)C)cc21. The van der Waals surface area contributed by atoms with Gasteiger partial charge in [0.25, 0.3) is 11.8 Å². The van der Waals surface area contributed by atoms with Gasteiger partial charge in [0.05, 0.1) is 5.69 Å². The molecular formula is C28H27FN4O3. The van der Waals surface area contributed by atoms with Crippen molar-refractivity contribution in [1.29, 1.82) is 0 Å². The maximum Gasteiger partial charge on any atom is 0.270 e. The molecule has 1 aromatic carbocycles. The fourth-order valence-electron chi connectivity index (χ4n) is 3.64. The highest BCUT2D eigenvalue weighted by Gasteiger charge is 2.31. The van der Waals surface area contributed by atoms with Crippen LogP contribution in [0.4, 0.5) is 10.1 Å². The summed E-state index contributed by atoms with van der Waals surface area (Å²) in [5, 5.41) is 2.73. The second kappa shape index (κ2) is 10.2. The number of anilines is 1. The van der Waals surface area contributed by atoms with Crippen LogP contribution < -0.4 is 15.0 Å². The van der Waals surface area contributed by atoms with E-state index >= 15 is 0 Å². The third kappa shape index (κ3) is 6.05. The van der Waals surface area contributed by atoms with Crippen LogP contribution in [0.3, 0.4) is 0 Å². The molecule has 2 amide bonds. The van der Waals surface area contributed by atoms with Crippen LogP contribution in [0.1, 0.15) is 48.1 Å². The average Bonchev–Trinajstić information content (AvgIpc) is 2.94. The lowest BCUT2D eigenvalue weighted by Crippen LogP contribution is -2.49. The predicted molar refractivity (Wildman–Crippen MR) is 134 cm³/mol. The van der Waals surface area contributed by atoms with Gasteiger partial charge >= 0.3 is 0 Å². The first kappa shape index (κ1) is 24.9. The Morgan fingerprint density at radius 3 is 2.78 bits per heavy atom. The van der Waals surface area contributed by atoms with Gasteiger partial charge in [-0.1, -0.05) is 17.9 Å². The molecule has 0 bridgehead atoms. The Hall–Kier alpha value is -4.25. The van der Waals surface area contributed by atoms with Crippen molar-refractivity contribution in [3.8, 4) is 17.6 Å². The van der Waals surface area contributed by atoms with E-state index in [1.165, 1.54) is 17.2 Å². The van der Waals surface area contributed by atoms with Crippen molar-refractivity contribution >= 4 is 17.5 Å². The van der Waals surface area contributed by atoms with Gasteiger partial charge in [-0.2, -0.15) is 4.39 Å². The Morgan fingerprint density at radius 1 is 1.22 bits per heavy atom. The summed E-state index contributed by atoms with van der Waals surface area (Å²) in [6.07, 6.45) is 1.83. The van der Waals surface area contributed by atoms with E-state index in [0.717, 1.165) is 11.1 Å². The summed E-state index contributed by atoms with van der Waals surface area (Å²) in [5.74, 6) is 5.46. The van der Waals surface area contributed by atoms with Gasteiger partial charge in [0.15, 0.2) is 0 Å². The number of pyridine rings is 2. The number of carbonyl (C=O) groups is 2. The van der Waals surface area contributed by atoms with Crippen LogP contribution in [-0.4, -0.2) is 41.5 Å². The van der Waals surface area contributed by atoms with Crippen molar-refractivity contribution in [3.05, 3.63) is 83.2 Å². The zero-order valence-corrected chi connectivity index (χ0v) is 20.6. The van der Waals surface area contributed by atoms with E-state index in [1.807, 2.05) is 32.9 Å². The van der Waals surface area contributed by atoms with E-state index in [0.29, 0.717) is 23.6 Å². The van der Waals surface area contributed by atoms with Crippen LogP contribution in [0.15, 0.2) is 54.7 Å². The van der Waals surface area contributed by atoms with E-state index in [4.69, 9.17) is 4.74 Å². The third-order valence-electron chi connectivity index (χ3n) is 5.46. The predicted octanol–water partition coefficient (Wildman–Crippen LogP) is 3.76. The van der Waals surface area contributed by atoms with E-state index in [-0.39, 0.29) is 23.6 Å². The van der Waals surface area contributed by atoms with E-state index in [1.54, 1.807) is 37.4 Å². The van der Waals surface area contributed by atoms with Gasteiger partial charge in [-0.05, 0) is 68.8 Å². The minimum atomic E-state index is -0.908. The van der Waals surface area contributed by atoms with Crippen molar-refractivity contribution in [2.24, 2.45) is 5.41 Å². The quantitative estimate of drug-likeness (QED) is 0.449. The van der Waals surface area contributed by atoms with Crippen LogP contribution in [0.2, 0.25) is 0 Å².